The van der Waals surface area contributed by atoms with Crippen molar-refractivity contribution >= 4 is 23.4 Å². The van der Waals surface area contributed by atoms with Crippen LogP contribution in [0.3, 0.4) is 0 Å². The van der Waals surface area contributed by atoms with E-state index >= 15 is 0 Å². The van der Waals surface area contributed by atoms with Crippen LogP contribution in [0.25, 0.3) is 0 Å². The second-order valence-electron chi connectivity index (χ2n) is 7.21. The Balaban J connectivity index is 1.43. The van der Waals surface area contributed by atoms with Crippen LogP contribution in [0.2, 0.25) is 0 Å². The van der Waals surface area contributed by atoms with Crippen LogP contribution in [-0.2, 0) is 11.3 Å². The van der Waals surface area contributed by atoms with E-state index < -0.39 is 6.17 Å². The summed E-state index contributed by atoms with van der Waals surface area (Å²) in [4.78, 5) is 42.1. The van der Waals surface area contributed by atoms with Crippen LogP contribution in [-0.4, -0.2) is 45.5 Å². The fourth-order valence-electron chi connectivity index (χ4n) is 4.09. The smallest absolute Gasteiger partial charge is 0.260 e. The van der Waals surface area contributed by atoms with E-state index in [9.17, 15) is 14.4 Å². The summed E-state index contributed by atoms with van der Waals surface area (Å²) in [6, 6.07) is 16.1. The standard InChI is InChI=1S/C22H19N5O3/c28-19(23-11-13-25-12-5-10-24-25)14-26-20-15-6-1-2-7-16(15)22(30)27(20)18-9-4-3-8-17(18)21(26)29/h1-10,12,20H,11,13-14H2,(H,23,28). The predicted molar refractivity (Wildman–Crippen MR) is 109 cm³/mol. The number of carbonyl (C=O) groups excluding carboxylic acids is 3. The maximum absolute atomic E-state index is 13.3. The van der Waals surface area contributed by atoms with Gasteiger partial charge < -0.3 is 10.2 Å². The second-order valence-corrected chi connectivity index (χ2v) is 7.21. The summed E-state index contributed by atoms with van der Waals surface area (Å²) in [5.74, 6) is -0.718. The number of fused-ring (bicyclic) bond motifs is 5. The van der Waals surface area contributed by atoms with Crippen LogP contribution >= 0.6 is 0 Å². The number of rotatable bonds is 5. The normalized spacial score (nSPS) is 16.9. The zero-order valence-electron chi connectivity index (χ0n) is 16.1. The molecule has 0 spiro atoms. The lowest BCUT2D eigenvalue weighted by molar-refractivity contribution is -0.122. The highest BCUT2D eigenvalue weighted by Crippen LogP contribution is 2.44. The Bertz CT molecular complexity index is 1140. The lowest BCUT2D eigenvalue weighted by atomic mass is 10.0. The van der Waals surface area contributed by atoms with E-state index in [2.05, 4.69) is 10.4 Å². The molecule has 0 radical (unpaired) electrons. The van der Waals surface area contributed by atoms with Gasteiger partial charge in [-0.3, -0.25) is 24.0 Å². The number of para-hydroxylation sites is 1. The fourth-order valence-corrected chi connectivity index (χ4v) is 4.09. The van der Waals surface area contributed by atoms with Crippen LogP contribution in [0.4, 0.5) is 5.69 Å². The van der Waals surface area contributed by atoms with Crippen molar-refractivity contribution in [1.82, 2.24) is 20.0 Å². The Morgan fingerprint density at radius 2 is 1.73 bits per heavy atom. The summed E-state index contributed by atoms with van der Waals surface area (Å²) < 4.78 is 1.72. The molecule has 0 saturated carbocycles. The monoisotopic (exact) mass is 401 g/mol. The average Bonchev–Trinajstić information content (AvgIpc) is 3.38. The Morgan fingerprint density at radius 1 is 0.967 bits per heavy atom. The predicted octanol–water partition coefficient (Wildman–Crippen LogP) is 1.81. The molecule has 0 bridgehead atoms. The molecule has 2 aromatic carbocycles. The first-order valence-electron chi connectivity index (χ1n) is 9.72. The van der Waals surface area contributed by atoms with E-state index in [1.165, 1.54) is 4.90 Å². The number of hydrogen-bond acceptors (Lipinski definition) is 4. The maximum atomic E-state index is 13.3. The summed E-state index contributed by atoms with van der Waals surface area (Å²) in [5.41, 5.74) is 2.27. The highest BCUT2D eigenvalue weighted by atomic mass is 16.2. The van der Waals surface area contributed by atoms with Crippen molar-refractivity contribution in [2.75, 3.05) is 18.0 Å². The quantitative estimate of drug-likeness (QED) is 0.706. The van der Waals surface area contributed by atoms with Gasteiger partial charge >= 0.3 is 0 Å². The van der Waals surface area contributed by atoms with Crippen molar-refractivity contribution in [3.63, 3.8) is 0 Å². The molecule has 3 amide bonds. The van der Waals surface area contributed by atoms with Gasteiger partial charge in [-0.2, -0.15) is 5.10 Å². The molecule has 30 heavy (non-hydrogen) atoms. The van der Waals surface area contributed by atoms with E-state index in [0.29, 0.717) is 29.9 Å². The molecule has 5 rings (SSSR count). The molecule has 2 aliphatic heterocycles. The minimum Gasteiger partial charge on any atom is -0.353 e. The molecule has 1 N–H and O–H groups in total. The van der Waals surface area contributed by atoms with E-state index in [1.54, 1.807) is 52.2 Å². The summed E-state index contributed by atoms with van der Waals surface area (Å²) in [6.45, 7) is 0.782. The van der Waals surface area contributed by atoms with E-state index in [1.807, 2.05) is 24.4 Å². The number of nitrogens with zero attached hydrogens (tertiary/aromatic N) is 4. The van der Waals surface area contributed by atoms with Gasteiger partial charge in [0.2, 0.25) is 5.91 Å². The van der Waals surface area contributed by atoms with Gasteiger partial charge in [0.1, 0.15) is 12.7 Å². The first kappa shape index (κ1) is 18.1. The molecule has 1 atom stereocenters. The van der Waals surface area contributed by atoms with Gasteiger partial charge in [0.05, 0.1) is 17.8 Å². The molecule has 0 saturated heterocycles. The van der Waals surface area contributed by atoms with Crippen molar-refractivity contribution in [2.24, 2.45) is 0 Å². The van der Waals surface area contributed by atoms with Gasteiger partial charge in [0.25, 0.3) is 11.8 Å². The average molecular weight is 401 g/mol. The topological polar surface area (TPSA) is 87.5 Å². The second kappa shape index (κ2) is 7.14. The van der Waals surface area contributed by atoms with Gasteiger partial charge in [-0.15, -0.1) is 0 Å². The number of benzene rings is 2. The summed E-state index contributed by atoms with van der Waals surface area (Å²) in [7, 11) is 0. The molecule has 1 unspecified atom stereocenters. The number of anilines is 1. The van der Waals surface area contributed by atoms with Crippen molar-refractivity contribution in [3.05, 3.63) is 83.7 Å². The summed E-state index contributed by atoms with van der Waals surface area (Å²) >= 11 is 0. The van der Waals surface area contributed by atoms with E-state index in [-0.39, 0.29) is 24.3 Å². The highest BCUT2D eigenvalue weighted by molar-refractivity contribution is 6.17. The van der Waals surface area contributed by atoms with Gasteiger partial charge in [-0.05, 0) is 24.3 Å². The number of nitrogens with one attached hydrogen (secondary N) is 1. The molecule has 2 aliphatic rings. The van der Waals surface area contributed by atoms with Crippen LogP contribution in [0, 0.1) is 0 Å². The largest absolute Gasteiger partial charge is 0.353 e. The maximum Gasteiger partial charge on any atom is 0.260 e. The summed E-state index contributed by atoms with van der Waals surface area (Å²) in [6.07, 6.45) is 2.86. The molecule has 0 fully saturated rings. The van der Waals surface area contributed by atoms with Crippen LogP contribution in [0.1, 0.15) is 32.4 Å². The molecule has 8 heteroatoms. The van der Waals surface area contributed by atoms with Gasteiger partial charge in [-0.1, -0.05) is 30.3 Å². The van der Waals surface area contributed by atoms with Gasteiger partial charge in [-0.25, -0.2) is 0 Å². The molecule has 1 aromatic heterocycles. The SMILES string of the molecule is O=C(CN1C(=O)c2ccccc2N2C(=O)c3ccccc3C12)NCCn1cccn1. The van der Waals surface area contributed by atoms with Crippen LogP contribution in [0.5, 0.6) is 0 Å². The molecule has 3 aromatic rings. The number of hydrogen-bond donors (Lipinski definition) is 1. The molecule has 150 valence electrons. The van der Waals surface area contributed by atoms with Crippen LogP contribution < -0.4 is 10.2 Å². The number of aromatic nitrogens is 2. The van der Waals surface area contributed by atoms with Crippen LogP contribution in [0.15, 0.2) is 67.0 Å². The molecular formula is C22H19N5O3. The zero-order valence-corrected chi connectivity index (χ0v) is 16.1. The first-order valence-corrected chi connectivity index (χ1v) is 9.72. The molecule has 0 aliphatic carbocycles. The zero-order chi connectivity index (χ0) is 20.7. The van der Waals surface area contributed by atoms with Crippen molar-refractivity contribution < 1.29 is 14.4 Å². The van der Waals surface area contributed by atoms with Crippen molar-refractivity contribution in [2.45, 2.75) is 12.7 Å². The minimum absolute atomic E-state index is 0.144. The number of carbonyl (C=O) groups is 3. The van der Waals surface area contributed by atoms with E-state index in [4.69, 9.17) is 0 Å². The molecular weight excluding hydrogens is 382 g/mol. The first-order chi connectivity index (χ1) is 14.6. The Morgan fingerprint density at radius 3 is 2.53 bits per heavy atom. The highest BCUT2D eigenvalue weighted by Gasteiger charge is 2.47. The number of amides is 3. The Kier molecular flexibility index (Phi) is 4.31. The summed E-state index contributed by atoms with van der Waals surface area (Å²) in [5, 5.41) is 6.93. The lowest BCUT2D eigenvalue weighted by Crippen LogP contribution is -2.51. The third kappa shape index (κ3) is 2.85. The van der Waals surface area contributed by atoms with Crippen molar-refractivity contribution in [1.29, 1.82) is 0 Å². The van der Waals surface area contributed by atoms with Crippen molar-refractivity contribution in [3.8, 4) is 0 Å². The third-order valence-corrected chi connectivity index (χ3v) is 5.42. The van der Waals surface area contributed by atoms with Gasteiger partial charge in [0.15, 0.2) is 0 Å². The fraction of sp³-hybridized carbons (Fsp3) is 0.182. The molecule has 3 heterocycles. The minimum atomic E-state index is -0.632. The van der Waals surface area contributed by atoms with E-state index in [0.717, 1.165) is 5.56 Å². The Labute approximate surface area is 172 Å². The Hall–Kier alpha value is -3.94. The molecule has 8 nitrogen and oxygen atoms in total. The van der Waals surface area contributed by atoms with Gasteiger partial charge in [0, 0.05) is 30.1 Å². The third-order valence-electron chi connectivity index (χ3n) is 5.42. The lowest BCUT2D eigenvalue weighted by Gasteiger charge is -2.40.